The fraction of sp³-hybridized carbons (Fsp3) is 0.389. The summed E-state index contributed by atoms with van der Waals surface area (Å²) in [4.78, 5) is 8.82. The molecule has 0 radical (unpaired) electrons. The van der Waals surface area contributed by atoms with Gasteiger partial charge in [-0.15, -0.1) is 10.2 Å². The smallest absolute Gasteiger partial charge is 0.218 e. The normalized spacial score (nSPS) is 15.5. The van der Waals surface area contributed by atoms with Crippen LogP contribution in [0.2, 0.25) is 0 Å². The van der Waals surface area contributed by atoms with Crippen LogP contribution >= 0.6 is 11.3 Å². The second-order valence-electron chi connectivity index (χ2n) is 6.49. The van der Waals surface area contributed by atoms with Gasteiger partial charge in [0.15, 0.2) is 0 Å². The summed E-state index contributed by atoms with van der Waals surface area (Å²) < 4.78 is 2.12. The Labute approximate surface area is 157 Å². The molecule has 1 saturated heterocycles. The number of nitrogens with one attached hydrogen (secondary N) is 1. The molecule has 26 heavy (non-hydrogen) atoms. The van der Waals surface area contributed by atoms with Gasteiger partial charge in [-0.1, -0.05) is 17.4 Å². The SMILES string of the molecule is CN1CCN(c2nnc(-n3cccc3CNCc3cccnc3)s2)CC1. The number of rotatable bonds is 6. The zero-order valence-electron chi connectivity index (χ0n) is 14.9. The maximum absolute atomic E-state index is 4.42. The van der Waals surface area contributed by atoms with Gasteiger partial charge in [-0.05, 0) is 30.8 Å². The van der Waals surface area contributed by atoms with Gasteiger partial charge in [-0.2, -0.15) is 0 Å². The van der Waals surface area contributed by atoms with Gasteiger partial charge in [0, 0.05) is 63.6 Å². The van der Waals surface area contributed by atoms with Crippen molar-refractivity contribution in [2.24, 2.45) is 0 Å². The van der Waals surface area contributed by atoms with Gasteiger partial charge >= 0.3 is 0 Å². The lowest BCUT2D eigenvalue weighted by molar-refractivity contribution is 0.312. The van der Waals surface area contributed by atoms with Crippen LogP contribution < -0.4 is 10.2 Å². The van der Waals surface area contributed by atoms with Crippen LogP contribution in [0, 0.1) is 0 Å². The highest BCUT2D eigenvalue weighted by Crippen LogP contribution is 2.25. The summed E-state index contributed by atoms with van der Waals surface area (Å²) in [5.74, 6) is 0. The summed E-state index contributed by atoms with van der Waals surface area (Å²) in [5, 5.41) is 14.2. The van der Waals surface area contributed by atoms with E-state index in [0.29, 0.717) is 0 Å². The first-order chi connectivity index (χ1) is 12.8. The molecule has 0 spiro atoms. The average molecular weight is 369 g/mol. The molecule has 1 aliphatic heterocycles. The van der Waals surface area contributed by atoms with E-state index in [1.165, 1.54) is 11.3 Å². The van der Waals surface area contributed by atoms with E-state index in [4.69, 9.17) is 0 Å². The number of anilines is 1. The molecular formula is C18H23N7S. The molecule has 1 fully saturated rings. The molecule has 0 bridgehead atoms. The van der Waals surface area contributed by atoms with Crippen LogP contribution in [0.15, 0.2) is 42.9 Å². The van der Waals surface area contributed by atoms with E-state index in [1.807, 2.05) is 12.3 Å². The van der Waals surface area contributed by atoms with Gasteiger partial charge in [0.1, 0.15) is 0 Å². The van der Waals surface area contributed by atoms with Crippen LogP contribution in [0.4, 0.5) is 5.13 Å². The van der Waals surface area contributed by atoms with E-state index in [1.54, 1.807) is 17.5 Å². The molecule has 7 nitrogen and oxygen atoms in total. The van der Waals surface area contributed by atoms with Gasteiger partial charge in [-0.3, -0.25) is 9.55 Å². The fourth-order valence-electron chi connectivity index (χ4n) is 3.02. The number of hydrogen-bond donors (Lipinski definition) is 1. The Morgan fingerprint density at radius 3 is 2.69 bits per heavy atom. The number of pyridine rings is 1. The molecule has 0 amide bonds. The highest BCUT2D eigenvalue weighted by Gasteiger charge is 2.18. The predicted octanol–water partition coefficient (Wildman–Crippen LogP) is 1.77. The van der Waals surface area contributed by atoms with E-state index in [0.717, 1.165) is 49.5 Å². The summed E-state index contributed by atoms with van der Waals surface area (Å²) in [6, 6.07) is 8.21. The maximum atomic E-state index is 4.42. The van der Waals surface area contributed by atoms with E-state index in [9.17, 15) is 0 Å². The first-order valence-corrected chi connectivity index (χ1v) is 9.64. The second-order valence-corrected chi connectivity index (χ2v) is 7.43. The van der Waals surface area contributed by atoms with Gasteiger partial charge in [0.2, 0.25) is 10.3 Å². The van der Waals surface area contributed by atoms with Gasteiger partial charge in [-0.25, -0.2) is 0 Å². The van der Waals surface area contributed by atoms with E-state index in [-0.39, 0.29) is 0 Å². The molecule has 136 valence electrons. The van der Waals surface area contributed by atoms with Crippen molar-refractivity contribution in [3.05, 3.63) is 54.1 Å². The largest absolute Gasteiger partial charge is 0.344 e. The minimum Gasteiger partial charge on any atom is -0.344 e. The molecule has 0 aliphatic carbocycles. The van der Waals surface area contributed by atoms with Gasteiger partial charge in [0.25, 0.3) is 0 Å². The highest BCUT2D eigenvalue weighted by atomic mass is 32.1. The van der Waals surface area contributed by atoms with Crippen molar-refractivity contribution in [3.63, 3.8) is 0 Å². The van der Waals surface area contributed by atoms with Crippen LogP contribution in [0.1, 0.15) is 11.3 Å². The van der Waals surface area contributed by atoms with Crippen molar-refractivity contribution in [2.75, 3.05) is 38.1 Å². The van der Waals surface area contributed by atoms with Crippen LogP contribution in [-0.4, -0.2) is 57.9 Å². The van der Waals surface area contributed by atoms with E-state index in [2.05, 4.69) is 66.3 Å². The predicted molar refractivity (Wildman–Crippen MR) is 104 cm³/mol. The Kier molecular flexibility index (Phi) is 5.24. The Hall–Kier alpha value is -2.29. The van der Waals surface area contributed by atoms with Crippen LogP contribution in [0.3, 0.4) is 0 Å². The van der Waals surface area contributed by atoms with Crippen molar-refractivity contribution in [2.45, 2.75) is 13.1 Å². The Balaban J connectivity index is 1.40. The van der Waals surface area contributed by atoms with Crippen molar-refractivity contribution in [3.8, 4) is 5.13 Å². The van der Waals surface area contributed by atoms with Crippen LogP contribution in [-0.2, 0) is 13.1 Å². The van der Waals surface area contributed by atoms with Crippen LogP contribution in [0.5, 0.6) is 0 Å². The first kappa shape index (κ1) is 17.1. The topological polar surface area (TPSA) is 62.1 Å². The quantitative estimate of drug-likeness (QED) is 0.714. The molecule has 0 atom stereocenters. The third kappa shape index (κ3) is 3.92. The lowest BCUT2D eigenvalue weighted by Crippen LogP contribution is -2.44. The number of likely N-dealkylation sites (N-methyl/N-ethyl adjacent to an activating group) is 1. The van der Waals surface area contributed by atoms with Crippen molar-refractivity contribution >= 4 is 16.5 Å². The molecular weight excluding hydrogens is 346 g/mol. The Morgan fingerprint density at radius 1 is 1.04 bits per heavy atom. The Morgan fingerprint density at radius 2 is 1.88 bits per heavy atom. The summed E-state index contributed by atoms with van der Waals surface area (Å²) in [5.41, 5.74) is 2.36. The molecule has 0 unspecified atom stereocenters. The minimum atomic E-state index is 0.769. The van der Waals surface area contributed by atoms with Crippen molar-refractivity contribution in [1.29, 1.82) is 0 Å². The standard InChI is InChI=1S/C18H23N7S/c1-23-8-10-24(11-9-23)17-21-22-18(26-17)25-7-3-5-16(25)14-20-13-15-4-2-6-19-12-15/h2-7,12,20H,8-11,13-14H2,1H3. The molecule has 8 heteroatoms. The van der Waals surface area contributed by atoms with Gasteiger partial charge < -0.3 is 15.1 Å². The third-order valence-corrected chi connectivity index (χ3v) is 5.56. The number of aromatic nitrogens is 4. The molecule has 4 rings (SSSR count). The molecule has 1 N–H and O–H groups in total. The summed E-state index contributed by atoms with van der Waals surface area (Å²) >= 11 is 1.65. The summed E-state index contributed by atoms with van der Waals surface area (Å²) in [6.45, 7) is 5.73. The number of piperazine rings is 1. The number of nitrogens with zero attached hydrogens (tertiary/aromatic N) is 6. The molecule has 1 aliphatic rings. The zero-order valence-corrected chi connectivity index (χ0v) is 15.7. The number of hydrogen-bond acceptors (Lipinski definition) is 7. The first-order valence-electron chi connectivity index (χ1n) is 8.83. The molecule has 3 aromatic heterocycles. The minimum absolute atomic E-state index is 0.769. The molecule has 0 aromatic carbocycles. The lowest BCUT2D eigenvalue weighted by Gasteiger charge is -2.31. The lowest BCUT2D eigenvalue weighted by atomic mass is 10.3. The third-order valence-electron chi connectivity index (χ3n) is 4.57. The average Bonchev–Trinajstić information content (AvgIpc) is 3.32. The Bertz CT molecular complexity index is 821. The van der Waals surface area contributed by atoms with E-state index >= 15 is 0 Å². The zero-order chi connectivity index (χ0) is 17.8. The summed E-state index contributed by atoms with van der Waals surface area (Å²) in [7, 11) is 2.16. The van der Waals surface area contributed by atoms with Crippen molar-refractivity contribution in [1.82, 2.24) is 30.0 Å². The molecule has 0 saturated carbocycles. The highest BCUT2D eigenvalue weighted by molar-refractivity contribution is 7.17. The summed E-state index contributed by atoms with van der Waals surface area (Å²) in [6.07, 6.45) is 5.73. The van der Waals surface area contributed by atoms with Crippen LogP contribution in [0.25, 0.3) is 5.13 Å². The van der Waals surface area contributed by atoms with Gasteiger partial charge in [0.05, 0.1) is 0 Å². The van der Waals surface area contributed by atoms with E-state index < -0.39 is 0 Å². The maximum Gasteiger partial charge on any atom is 0.218 e. The second kappa shape index (κ2) is 7.94. The monoisotopic (exact) mass is 369 g/mol. The fourth-order valence-corrected chi connectivity index (χ4v) is 3.93. The van der Waals surface area contributed by atoms with Crippen molar-refractivity contribution < 1.29 is 0 Å². The molecule has 4 heterocycles. The molecule has 3 aromatic rings.